The van der Waals surface area contributed by atoms with Crippen molar-refractivity contribution in [1.29, 1.82) is 0 Å². The van der Waals surface area contributed by atoms with Gasteiger partial charge in [0.25, 0.3) is 5.56 Å². The van der Waals surface area contributed by atoms with Crippen LogP contribution in [0.5, 0.6) is 0 Å². The number of hydrogen-bond donors (Lipinski definition) is 1. The van der Waals surface area contributed by atoms with Gasteiger partial charge in [-0.2, -0.15) is 4.98 Å². The molecule has 1 fully saturated rings. The van der Waals surface area contributed by atoms with Gasteiger partial charge in [-0.05, 0) is 49.9 Å². The Kier molecular flexibility index (Phi) is 4.77. The number of nitrogens with one attached hydrogen (secondary N) is 1. The number of hydrogen-bond acceptors (Lipinski definition) is 6. The minimum atomic E-state index is -0.0663. The summed E-state index contributed by atoms with van der Waals surface area (Å²) >= 11 is 0. The largest absolute Gasteiger partial charge is 0.369 e. The van der Waals surface area contributed by atoms with Crippen molar-refractivity contribution < 1.29 is 0 Å². The molecule has 5 aromatic rings. The topological polar surface area (TPSA) is 70.7 Å². The van der Waals surface area contributed by atoms with E-state index in [0.717, 1.165) is 48.3 Å². The molecule has 172 valence electrons. The molecular formula is C26H27N7O. The highest BCUT2D eigenvalue weighted by Gasteiger charge is 2.17. The van der Waals surface area contributed by atoms with Crippen LogP contribution in [0.15, 0.2) is 59.5 Å². The fraction of sp³-hybridized carbons (Fsp3) is 0.269. The third-order valence-corrected chi connectivity index (χ3v) is 6.88. The summed E-state index contributed by atoms with van der Waals surface area (Å²) in [7, 11) is 3.93. The number of aromatic nitrogens is 4. The fourth-order valence-electron chi connectivity index (χ4n) is 4.82. The number of para-hydroxylation sites is 1. The molecule has 0 radical (unpaired) electrons. The second kappa shape index (κ2) is 7.85. The zero-order valence-electron chi connectivity index (χ0n) is 19.6. The molecule has 8 heteroatoms. The third kappa shape index (κ3) is 3.30. The summed E-state index contributed by atoms with van der Waals surface area (Å²) in [5, 5.41) is 4.40. The molecule has 4 heterocycles. The predicted molar refractivity (Wildman–Crippen MR) is 137 cm³/mol. The van der Waals surface area contributed by atoms with Crippen LogP contribution in [0, 0.1) is 6.92 Å². The third-order valence-electron chi connectivity index (χ3n) is 6.88. The molecule has 0 bridgehead atoms. The lowest BCUT2D eigenvalue weighted by Crippen LogP contribution is -2.44. The molecule has 0 amide bonds. The average molecular weight is 454 g/mol. The maximum absolute atomic E-state index is 13.0. The second-order valence-electron chi connectivity index (χ2n) is 9.10. The van der Waals surface area contributed by atoms with Gasteiger partial charge in [-0.25, -0.2) is 4.98 Å². The van der Waals surface area contributed by atoms with Crippen molar-refractivity contribution in [2.75, 3.05) is 43.4 Å². The Bertz CT molecular complexity index is 1610. The van der Waals surface area contributed by atoms with E-state index >= 15 is 0 Å². The second-order valence-corrected chi connectivity index (χ2v) is 9.10. The molecule has 1 aliphatic rings. The van der Waals surface area contributed by atoms with Crippen LogP contribution in [0.3, 0.4) is 0 Å². The van der Waals surface area contributed by atoms with Gasteiger partial charge < -0.3 is 19.7 Å². The highest BCUT2D eigenvalue weighted by molar-refractivity contribution is 5.92. The van der Waals surface area contributed by atoms with Gasteiger partial charge in [0.15, 0.2) is 5.65 Å². The van der Waals surface area contributed by atoms with Gasteiger partial charge in [0.1, 0.15) is 11.0 Å². The van der Waals surface area contributed by atoms with Gasteiger partial charge in [-0.1, -0.05) is 18.2 Å². The van der Waals surface area contributed by atoms with Crippen molar-refractivity contribution in [2.24, 2.45) is 7.05 Å². The van der Waals surface area contributed by atoms with Crippen LogP contribution >= 0.6 is 0 Å². The molecule has 34 heavy (non-hydrogen) atoms. The lowest BCUT2D eigenvalue weighted by atomic mass is 10.1. The Balaban J connectivity index is 1.41. The van der Waals surface area contributed by atoms with Gasteiger partial charge in [-0.3, -0.25) is 9.20 Å². The summed E-state index contributed by atoms with van der Waals surface area (Å²) < 4.78 is 3.55. The first-order valence-electron chi connectivity index (χ1n) is 11.6. The zero-order chi connectivity index (χ0) is 23.4. The van der Waals surface area contributed by atoms with E-state index in [0.29, 0.717) is 22.6 Å². The van der Waals surface area contributed by atoms with E-state index in [1.807, 2.05) is 34.7 Å². The van der Waals surface area contributed by atoms with Crippen LogP contribution in [0.2, 0.25) is 0 Å². The van der Waals surface area contributed by atoms with Crippen LogP contribution < -0.4 is 15.8 Å². The highest BCUT2D eigenvalue weighted by Crippen LogP contribution is 2.27. The van der Waals surface area contributed by atoms with E-state index in [1.54, 1.807) is 17.8 Å². The highest BCUT2D eigenvalue weighted by atomic mass is 16.1. The Labute approximate surface area is 197 Å². The average Bonchev–Trinajstić information content (AvgIpc) is 3.24. The standard InChI is InChI=1S/C26H27N7O/c1-17-14-19(32-12-10-30(2)11-13-32)8-9-20(17)28-26-27-16-23-24(29-26)33-21-7-5-4-6-18(21)15-22(33)25(34)31(23)3/h4-9,14-16H,10-13H2,1-3H3,(H,27,28,29). The Hall–Kier alpha value is -3.91. The Morgan fingerprint density at radius 2 is 1.71 bits per heavy atom. The van der Waals surface area contributed by atoms with Crippen molar-refractivity contribution in [2.45, 2.75) is 6.92 Å². The van der Waals surface area contributed by atoms with Crippen molar-refractivity contribution in [3.63, 3.8) is 0 Å². The molecule has 1 N–H and O–H groups in total. The Morgan fingerprint density at radius 3 is 2.50 bits per heavy atom. The van der Waals surface area contributed by atoms with E-state index in [2.05, 4.69) is 52.3 Å². The molecular weight excluding hydrogens is 426 g/mol. The number of aryl methyl sites for hydroxylation is 2. The lowest BCUT2D eigenvalue weighted by Gasteiger charge is -2.34. The fourth-order valence-corrected chi connectivity index (χ4v) is 4.82. The molecule has 0 atom stereocenters. The molecule has 1 aliphatic heterocycles. The van der Waals surface area contributed by atoms with Crippen molar-refractivity contribution in [3.05, 3.63) is 70.6 Å². The first-order chi connectivity index (χ1) is 16.5. The summed E-state index contributed by atoms with van der Waals surface area (Å²) in [4.78, 5) is 27.1. The number of fused-ring (bicyclic) bond motifs is 5. The maximum atomic E-state index is 13.0. The van der Waals surface area contributed by atoms with Crippen LogP contribution in [0.1, 0.15) is 5.56 Å². The summed E-state index contributed by atoms with van der Waals surface area (Å²) in [5.41, 5.74) is 6.22. The van der Waals surface area contributed by atoms with Crippen molar-refractivity contribution in [3.8, 4) is 0 Å². The maximum Gasteiger partial charge on any atom is 0.275 e. The van der Waals surface area contributed by atoms with Crippen LogP contribution in [-0.2, 0) is 7.05 Å². The first-order valence-corrected chi connectivity index (χ1v) is 11.6. The summed E-state index contributed by atoms with van der Waals surface area (Å²) in [6.45, 7) is 6.33. The van der Waals surface area contributed by atoms with Crippen molar-refractivity contribution in [1.82, 2.24) is 23.8 Å². The van der Waals surface area contributed by atoms with Crippen LogP contribution in [0.4, 0.5) is 17.3 Å². The molecule has 3 aromatic heterocycles. The molecule has 6 rings (SSSR count). The minimum absolute atomic E-state index is 0.0663. The number of benzene rings is 2. The van der Waals surface area contributed by atoms with Gasteiger partial charge >= 0.3 is 0 Å². The van der Waals surface area contributed by atoms with Gasteiger partial charge in [0.05, 0.1) is 11.7 Å². The predicted octanol–water partition coefficient (Wildman–Crippen LogP) is 3.54. The number of nitrogens with zero attached hydrogens (tertiary/aromatic N) is 6. The van der Waals surface area contributed by atoms with Gasteiger partial charge in [-0.15, -0.1) is 0 Å². The smallest absolute Gasteiger partial charge is 0.275 e. The Morgan fingerprint density at radius 1 is 0.912 bits per heavy atom. The van der Waals surface area contributed by atoms with E-state index in [1.165, 1.54) is 5.69 Å². The number of anilines is 3. The molecule has 0 spiro atoms. The van der Waals surface area contributed by atoms with E-state index in [-0.39, 0.29) is 5.56 Å². The SMILES string of the molecule is Cc1cc(N2CCN(C)CC2)ccc1Nc1ncc2c(n1)n1c(cc3ccccc31)c(=O)n2C. The normalized spacial score (nSPS) is 15.0. The zero-order valence-corrected chi connectivity index (χ0v) is 19.6. The molecule has 2 aromatic carbocycles. The van der Waals surface area contributed by atoms with Crippen LogP contribution in [-0.4, -0.2) is 57.1 Å². The van der Waals surface area contributed by atoms with E-state index < -0.39 is 0 Å². The number of likely N-dealkylation sites (N-methyl/N-ethyl adjacent to an activating group) is 1. The summed E-state index contributed by atoms with van der Waals surface area (Å²) in [6, 6.07) is 16.4. The molecule has 0 saturated carbocycles. The van der Waals surface area contributed by atoms with Crippen molar-refractivity contribution >= 4 is 44.9 Å². The molecule has 1 saturated heterocycles. The number of piperazine rings is 1. The summed E-state index contributed by atoms with van der Waals surface area (Å²) in [6.07, 6.45) is 1.72. The molecule has 0 aliphatic carbocycles. The van der Waals surface area contributed by atoms with Gasteiger partial charge in [0.2, 0.25) is 5.95 Å². The number of rotatable bonds is 3. The van der Waals surface area contributed by atoms with E-state index in [4.69, 9.17) is 4.98 Å². The van der Waals surface area contributed by atoms with E-state index in [9.17, 15) is 4.79 Å². The van der Waals surface area contributed by atoms with Gasteiger partial charge in [0, 0.05) is 50.0 Å². The monoisotopic (exact) mass is 453 g/mol. The van der Waals surface area contributed by atoms with Crippen LogP contribution in [0.25, 0.3) is 27.6 Å². The minimum Gasteiger partial charge on any atom is -0.369 e. The lowest BCUT2D eigenvalue weighted by molar-refractivity contribution is 0.313. The quantitative estimate of drug-likeness (QED) is 0.451. The molecule has 0 unspecified atom stereocenters. The first kappa shape index (κ1) is 20.7. The molecule has 8 nitrogen and oxygen atoms in total. The summed E-state index contributed by atoms with van der Waals surface area (Å²) in [5.74, 6) is 0.501.